The maximum atomic E-state index is 12.7. The zero-order chi connectivity index (χ0) is 22.8. The number of anilines is 1. The molecule has 0 radical (unpaired) electrons. The molecule has 0 bridgehead atoms. The molecular formula is C24H41IN6O2. The van der Waals surface area contributed by atoms with Crippen LogP contribution in [0.1, 0.15) is 32.3 Å². The van der Waals surface area contributed by atoms with E-state index in [1.54, 1.807) is 7.11 Å². The van der Waals surface area contributed by atoms with Gasteiger partial charge in [-0.3, -0.25) is 9.69 Å². The Bertz CT molecular complexity index is 731. The normalized spacial score (nSPS) is 18.1. The predicted molar refractivity (Wildman–Crippen MR) is 145 cm³/mol. The van der Waals surface area contributed by atoms with Crippen molar-refractivity contribution in [3.63, 3.8) is 0 Å². The van der Waals surface area contributed by atoms with E-state index in [2.05, 4.69) is 58.5 Å². The molecule has 1 aromatic rings. The lowest BCUT2D eigenvalue weighted by molar-refractivity contribution is -0.135. The number of nitrogens with one attached hydrogen (secondary N) is 2. The Labute approximate surface area is 216 Å². The Morgan fingerprint density at radius 3 is 2.33 bits per heavy atom. The Kier molecular flexibility index (Phi) is 12.3. The molecule has 2 heterocycles. The fourth-order valence-electron chi connectivity index (χ4n) is 4.30. The number of likely N-dealkylation sites (tertiary alicyclic amines) is 1. The fourth-order valence-corrected chi connectivity index (χ4v) is 4.30. The summed E-state index contributed by atoms with van der Waals surface area (Å²) in [6, 6.07) is 8.37. The van der Waals surface area contributed by atoms with Crippen LogP contribution in [0.4, 0.5) is 5.69 Å². The van der Waals surface area contributed by atoms with E-state index < -0.39 is 0 Å². The minimum absolute atomic E-state index is 0. The molecule has 9 heteroatoms. The van der Waals surface area contributed by atoms with Crippen LogP contribution in [0.3, 0.4) is 0 Å². The van der Waals surface area contributed by atoms with E-state index in [1.165, 1.54) is 5.56 Å². The molecule has 3 rings (SSSR count). The Hall–Kier alpha value is -1.59. The number of benzene rings is 1. The van der Waals surface area contributed by atoms with Crippen molar-refractivity contribution in [1.82, 2.24) is 20.0 Å². The topological polar surface area (TPSA) is 72.4 Å². The van der Waals surface area contributed by atoms with Crippen molar-refractivity contribution in [2.45, 2.75) is 39.3 Å². The number of hydrogen-bond donors (Lipinski definition) is 2. The minimum atomic E-state index is -0.0363. The second kappa shape index (κ2) is 14.6. The molecule has 2 aliphatic rings. The highest BCUT2D eigenvalue weighted by atomic mass is 127. The van der Waals surface area contributed by atoms with Crippen LogP contribution in [-0.4, -0.2) is 98.7 Å². The van der Waals surface area contributed by atoms with Crippen LogP contribution < -0.4 is 10.6 Å². The van der Waals surface area contributed by atoms with Crippen LogP contribution in [0.2, 0.25) is 0 Å². The lowest BCUT2D eigenvalue weighted by Gasteiger charge is -2.39. The first-order valence-electron chi connectivity index (χ1n) is 12.0. The van der Waals surface area contributed by atoms with Crippen LogP contribution in [0.5, 0.6) is 0 Å². The second-order valence-electron chi connectivity index (χ2n) is 8.52. The monoisotopic (exact) mass is 572 g/mol. The van der Waals surface area contributed by atoms with Crippen LogP contribution >= 0.6 is 24.0 Å². The predicted octanol–water partition coefficient (Wildman–Crippen LogP) is 2.46. The zero-order valence-corrected chi connectivity index (χ0v) is 22.7. The van der Waals surface area contributed by atoms with Crippen molar-refractivity contribution in [2.24, 2.45) is 4.99 Å². The maximum Gasteiger partial charge on any atom is 0.239 e. The summed E-state index contributed by atoms with van der Waals surface area (Å²) in [6.45, 7) is 12.5. The summed E-state index contributed by atoms with van der Waals surface area (Å²) in [5, 5.41) is 6.77. The Morgan fingerprint density at radius 2 is 1.73 bits per heavy atom. The number of halogens is 1. The van der Waals surface area contributed by atoms with Gasteiger partial charge in [-0.15, -0.1) is 24.0 Å². The zero-order valence-electron chi connectivity index (χ0n) is 20.4. The SMILES string of the molecule is CCNC(=NCc1ccc(NCCOC)cc1)N1CCN(C(C)C(=O)N2CCCC2)CC1.I. The largest absolute Gasteiger partial charge is 0.383 e. The van der Waals surface area contributed by atoms with Crippen LogP contribution in [0.15, 0.2) is 29.3 Å². The number of guanidine groups is 1. The molecule has 2 fully saturated rings. The summed E-state index contributed by atoms with van der Waals surface area (Å²) in [5.41, 5.74) is 2.27. The van der Waals surface area contributed by atoms with E-state index >= 15 is 0 Å². The first-order chi connectivity index (χ1) is 15.6. The molecule has 0 aromatic heterocycles. The van der Waals surface area contributed by atoms with E-state index in [4.69, 9.17) is 9.73 Å². The molecule has 0 saturated carbocycles. The summed E-state index contributed by atoms with van der Waals surface area (Å²) in [6.07, 6.45) is 2.28. The molecule has 2 saturated heterocycles. The molecule has 33 heavy (non-hydrogen) atoms. The molecule has 2 aliphatic heterocycles. The number of hydrogen-bond acceptors (Lipinski definition) is 5. The van der Waals surface area contributed by atoms with E-state index in [-0.39, 0.29) is 35.9 Å². The van der Waals surface area contributed by atoms with E-state index in [0.29, 0.717) is 13.2 Å². The van der Waals surface area contributed by atoms with Gasteiger partial charge in [-0.1, -0.05) is 12.1 Å². The molecule has 1 atom stereocenters. The van der Waals surface area contributed by atoms with Gasteiger partial charge in [0.25, 0.3) is 0 Å². The van der Waals surface area contributed by atoms with Gasteiger partial charge in [0.2, 0.25) is 5.91 Å². The van der Waals surface area contributed by atoms with E-state index in [0.717, 1.165) is 76.8 Å². The molecular weight excluding hydrogens is 531 g/mol. The van der Waals surface area contributed by atoms with Crippen molar-refractivity contribution in [3.05, 3.63) is 29.8 Å². The summed E-state index contributed by atoms with van der Waals surface area (Å²) >= 11 is 0. The lowest BCUT2D eigenvalue weighted by Crippen LogP contribution is -2.57. The number of carbonyl (C=O) groups excluding carboxylic acids is 1. The number of amides is 1. The first kappa shape index (κ1) is 27.7. The van der Waals surface area contributed by atoms with Gasteiger partial charge in [0.05, 0.1) is 19.2 Å². The van der Waals surface area contributed by atoms with Crippen LogP contribution in [0.25, 0.3) is 0 Å². The highest BCUT2D eigenvalue weighted by Crippen LogP contribution is 2.15. The molecule has 0 spiro atoms. The first-order valence-corrected chi connectivity index (χ1v) is 12.0. The molecule has 186 valence electrons. The third kappa shape index (κ3) is 8.29. The number of ether oxygens (including phenoxy) is 1. The maximum absolute atomic E-state index is 12.7. The minimum Gasteiger partial charge on any atom is -0.383 e. The molecule has 2 N–H and O–H groups in total. The van der Waals surface area contributed by atoms with Crippen LogP contribution in [-0.2, 0) is 16.1 Å². The van der Waals surface area contributed by atoms with Crippen molar-refractivity contribution in [1.29, 1.82) is 0 Å². The quantitative estimate of drug-likeness (QED) is 0.205. The standard InChI is InChI=1S/C24H40N6O2.HI/c1-4-25-24(27-19-21-7-9-22(10-8-21)26-11-18-32-3)30-16-14-28(15-17-30)20(2)23(31)29-12-5-6-13-29;/h7-10,20,26H,4-6,11-19H2,1-3H3,(H,25,27);1H. The third-order valence-corrected chi connectivity index (χ3v) is 6.27. The summed E-state index contributed by atoms with van der Waals surface area (Å²) in [4.78, 5) is 24.3. The average molecular weight is 573 g/mol. The summed E-state index contributed by atoms with van der Waals surface area (Å²) in [7, 11) is 1.71. The molecule has 8 nitrogen and oxygen atoms in total. The van der Waals surface area contributed by atoms with Gasteiger partial charge in [-0.05, 0) is 44.4 Å². The molecule has 1 amide bonds. The van der Waals surface area contributed by atoms with Crippen molar-refractivity contribution >= 4 is 41.5 Å². The van der Waals surface area contributed by atoms with Crippen molar-refractivity contribution < 1.29 is 9.53 Å². The number of aliphatic imine (C=N–C) groups is 1. The number of methoxy groups -OCH3 is 1. The molecule has 0 aliphatic carbocycles. The summed E-state index contributed by atoms with van der Waals surface area (Å²) < 4.78 is 5.07. The smallest absolute Gasteiger partial charge is 0.239 e. The van der Waals surface area contributed by atoms with Gasteiger partial charge >= 0.3 is 0 Å². The highest BCUT2D eigenvalue weighted by Gasteiger charge is 2.30. The number of nitrogens with zero attached hydrogens (tertiary/aromatic N) is 4. The number of piperazine rings is 1. The number of carbonyl (C=O) groups is 1. The lowest BCUT2D eigenvalue weighted by atomic mass is 10.2. The highest BCUT2D eigenvalue weighted by molar-refractivity contribution is 14.0. The van der Waals surface area contributed by atoms with Gasteiger partial charge in [-0.25, -0.2) is 4.99 Å². The fraction of sp³-hybridized carbons (Fsp3) is 0.667. The van der Waals surface area contributed by atoms with Gasteiger partial charge in [0.1, 0.15) is 0 Å². The second-order valence-corrected chi connectivity index (χ2v) is 8.52. The van der Waals surface area contributed by atoms with Gasteiger partial charge in [-0.2, -0.15) is 0 Å². The van der Waals surface area contributed by atoms with Gasteiger partial charge in [0, 0.05) is 65.2 Å². The Balaban J connectivity index is 0.00000385. The van der Waals surface area contributed by atoms with Crippen LogP contribution in [0, 0.1) is 0 Å². The molecule has 1 unspecified atom stereocenters. The average Bonchev–Trinajstić information content (AvgIpc) is 3.37. The summed E-state index contributed by atoms with van der Waals surface area (Å²) in [5.74, 6) is 1.24. The Morgan fingerprint density at radius 1 is 1.06 bits per heavy atom. The van der Waals surface area contributed by atoms with Crippen molar-refractivity contribution in [3.8, 4) is 0 Å². The van der Waals surface area contributed by atoms with Gasteiger partial charge in [0.15, 0.2) is 5.96 Å². The van der Waals surface area contributed by atoms with Gasteiger partial charge < -0.3 is 25.2 Å². The van der Waals surface area contributed by atoms with E-state index in [9.17, 15) is 4.79 Å². The van der Waals surface area contributed by atoms with Crippen molar-refractivity contribution in [2.75, 3.05) is 71.4 Å². The number of rotatable bonds is 9. The molecule has 1 aromatic carbocycles. The third-order valence-electron chi connectivity index (χ3n) is 6.27. The van der Waals surface area contributed by atoms with E-state index in [1.807, 2.05) is 4.90 Å².